The Morgan fingerprint density at radius 1 is 1.33 bits per heavy atom. The largest absolute Gasteiger partial charge is 0.309 e. The van der Waals surface area contributed by atoms with Gasteiger partial charge in [-0.1, -0.05) is 28.1 Å². The van der Waals surface area contributed by atoms with Gasteiger partial charge in [-0.3, -0.25) is 0 Å². The van der Waals surface area contributed by atoms with Crippen molar-refractivity contribution in [2.24, 2.45) is 5.92 Å². The lowest BCUT2D eigenvalue weighted by molar-refractivity contribution is 0.494. The minimum Gasteiger partial charge on any atom is -0.309 e. The van der Waals surface area contributed by atoms with Gasteiger partial charge in [-0.25, -0.2) is 8.42 Å². The fourth-order valence-electron chi connectivity index (χ4n) is 2.06. The quantitative estimate of drug-likeness (QED) is 0.871. The standard InChI is InChI=1S/C13H18BrNO2S/c1-18(16,17)9-8-15-13(10-2-3-10)11-4-6-12(14)7-5-11/h4-7,10,13,15H,2-3,8-9H2,1H3. The molecular formula is C13H18BrNO2S. The van der Waals surface area contributed by atoms with Crippen LogP contribution in [0.15, 0.2) is 28.7 Å². The van der Waals surface area contributed by atoms with Crippen molar-refractivity contribution in [3.05, 3.63) is 34.3 Å². The monoisotopic (exact) mass is 331 g/mol. The van der Waals surface area contributed by atoms with Crippen LogP contribution in [0.3, 0.4) is 0 Å². The van der Waals surface area contributed by atoms with Crippen LogP contribution in [0, 0.1) is 5.92 Å². The molecule has 3 nitrogen and oxygen atoms in total. The number of hydrogen-bond acceptors (Lipinski definition) is 3. The van der Waals surface area contributed by atoms with Crippen LogP contribution < -0.4 is 5.32 Å². The second-order valence-corrected chi connectivity index (χ2v) is 8.13. The Hall–Kier alpha value is -0.390. The third-order valence-electron chi connectivity index (χ3n) is 3.16. The summed E-state index contributed by atoms with van der Waals surface area (Å²) in [7, 11) is -2.88. The molecule has 0 heterocycles. The molecule has 1 unspecified atom stereocenters. The van der Waals surface area contributed by atoms with Gasteiger partial charge in [-0.15, -0.1) is 0 Å². The molecule has 1 atom stereocenters. The lowest BCUT2D eigenvalue weighted by Crippen LogP contribution is -2.28. The molecule has 0 spiro atoms. The maximum atomic E-state index is 11.1. The summed E-state index contributed by atoms with van der Waals surface area (Å²) >= 11 is 3.43. The molecule has 1 aliphatic carbocycles. The van der Waals surface area contributed by atoms with Crippen molar-refractivity contribution in [2.45, 2.75) is 18.9 Å². The van der Waals surface area contributed by atoms with Crippen molar-refractivity contribution in [3.8, 4) is 0 Å². The van der Waals surface area contributed by atoms with E-state index in [0.717, 1.165) is 4.47 Å². The summed E-state index contributed by atoms with van der Waals surface area (Å²) in [5, 5.41) is 3.38. The smallest absolute Gasteiger partial charge is 0.148 e. The molecule has 0 amide bonds. The lowest BCUT2D eigenvalue weighted by Gasteiger charge is -2.18. The SMILES string of the molecule is CS(=O)(=O)CCNC(c1ccc(Br)cc1)C1CC1. The normalized spacial score (nSPS) is 17.7. The number of hydrogen-bond donors (Lipinski definition) is 1. The highest BCUT2D eigenvalue weighted by atomic mass is 79.9. The van der Waals surface area contributed by atoms with E-state index in [4.69, 9.17) is 0 Å². The van der Waals surface area contributed by atoms with Gasteiger partial charge in [0.05, 0.1) is 5.75 Å². The number of benzene rings is 1. The number of halogens is 1. The summed E-state index contributed by atoms with van der Waals surface area (Å²) < 4.78 is 23.3. The van der Waals surface area contributed by atoms with Crippen molar-refractivity contribution in [2.75, 3.05) is 18.6 Å². The highest BCUT2D eigenvalue weighted by molar-refractivity contribution is 9.10. The van der Waals surface area contributed by atoms with Crippen molar-refractivity contribution >= 4 is 25.8 Å². The zero-order chi connectivity index (χ0) is 13.2. The van der Waals surface area contributed by atoms with E-state index in [0.29, 0.717) is 18.5 Å². The summed E-state index contributed by atoms with van der Waals surface area (Å²) in [6.45, 7) is 0.524. The Bertz CT molecular complexity index is 494. The minimum absolute atomic E-state index is 0.201. The van der Waals surface area contributed by atoms with Crippen LogP contribution in [0.25, 0.3) is 0 Å². The number of nitrogens with one attached hydrogen (secondary N) is 1. The van der Waals surface area contributed by atoms with Crippen LogP contribution in [0.5, 0.6) is 0 Å². The summed E-state index contributed by atoms with van der Waals surface area (Å²) in [4.78, 5) is 0. The van der Waals surface area contributed by atoms with E-state index in [1.165, 1.54) is 24.7 Å². The predicted molar refractivity (Wildman–Crippen MR) is 77.3 cm³/mol. The molecule has 100 valence electrons. The zero-order valence-electron chi connectivity index (χ0n) is 10.4. The molecule has 2 rings (SSSR count). The Morgan fingerprint density at radius 2 is 1.94 bits per heavy atom. The molecule has 0 bridgehead atoms. The van der Waals surface area contributed by atoms with Gasteiger partial charge in [-0.2, -0.15) is 0 Å². The Morgan fingerprint density at radius 3 is 2.44 bits per heavy atom. The molecule has 0 aliphatic heterocycles. The second-order valence-electron chi connectivity index (χ2n) is 4.95. The van der Waals surface area contributed by atoms with E-state index in [-0.39, 0.29) is 5.75 Å². The zero-order valence-corrected chi connectivity index (χ0v) is 12.8. The molecule has 1 fully saturated rings. The predicted octanol–water partition coefficient (Wildman–Crippen LogP) is 2.53. The summed E-state index contributed by atoms with van der Waals surface area (Å²) in [6, 6.07) is 8.55. The average molecular weight is 332 g/mol. The molecule has 1 N–H and O–H groups in total. The van der Waals surface area contributed by atoms with E-state index < -0.39 is 9.84 Å². The van der Waals surface area contributed by atoms with Gasteiger partial charge in [0.25, 0.3) is 0 Å². The van der Waals surface area contributed by atoms with Crippen molar-refractivity contribution in [3.63, 3.8) is 0 Å². The fourth-order valence-corrected chi connectivity index (χ4v) is 2.81. The topological polar surface area (TPSA) is 46.2 Å². The third-order valence-corrected chi connectivity index (χ3v) is 4.63. The van der Waals surface area contributed by atoms with Crippen molar-refractivity contribution < 1.29 is 8.42 Å². The molecule has 1 aromatic carbocycles. The maximum Gasteiger partial charge on any atom is 0.148 e. The fraction of sp³-hybridized carbons (Fsp3) is 0.538. The first kappa shape index (κ1) is 14.0. The van der Waals surface area contributed by atoms with Crippen molar-refractivity contribution in [1.82, 2.24) is 5.32 Å². The highest BCUT2D eigenvalue weighted by Crippen LogP contribution is 2.41. The third kappa shape index (κ3) is 4.37. The van der Waals surface area contributed by atoms with Gasteiger partial charge in [-0.05, 0) is 36.5 Å². The van der Waals surface area contributed by atoms with Gasteiger partial charge in [0.15, 0.2) is 0 Å². The molecule has 18 heavy (non-hydrogen) atoms. The second kappa shape index (κ2) is 5.72. The highest BCUT2D eigenvalue weighted by Gasteiger charge is 2.31. The molecule has 0 radical (unpaired) electrons. The summed E-state index contributed by atoms with van der Waals surface area (Å²) in [5.41, 5.74) is 1.24. The average Bonchev–Trinajstić information content (AvgIpc) is 3.08. The summed E-state index contributed by atoms with van der Waals surface area (Å²) in [6.07, 6.45) is 3.74. The first-order valence-corrected chi connectivity index (χ1v) is 8.97. The van der Waals surface area contributed by atoms with Gasteiger partial charge in [0.1, 0.15) is 9.84 Å². The van der Waals surface area contributed by atoms with Gasteiger partial charge in [0, 0.05) is 23.3 Å². The molecule has 0 saturated heterocycles. The number of rotatable bonds is 6. The Labute approximate surface area is 117 Å². The van der Waals surface area contributed by atoms with Gasteiger partial charge >= 0.3 is 0 Å². The molecular weight excluding hydrogens is 314 g/mol. The summed E-state index contributed by atoms with van der Waals surface area (Å²) in [5.74, 6) is 0.859. The molecule has 1 saturated carbocycles. The van der Waals surface area contributed by atoms with E-state index in [1.54, 1.807) is 0 Å². The van der Waals surface area contributed by atoms with Crippen LogP contribution in [0.4, 0.5) is 0 Å². The van der Waals surface area contributed by atoms with Crippen molar-refractivity contribution in [1.29, 1.82) is 0 Å². The van der Waals surface area contributed by atoms with Crippen LogP contribution >= 0.6 is 15.9 Å². The van der Waals surface area contributed by atoms with Crippen LogP contribution in [-0.2, 0) is 9.84 Å². The first-order valence-electron chi connectivity index (χ1n) is 6.12. The van der Waals surface area contributed by atoms with Gasteiger partial charge < -0.3 is 5.32 Å². The van der Waals surface area contributed by atoms with Crippen LogP contribution in [0.1, 0.15) is 24.4 Å². The first-order chi connectivity index (χ1) is 8.46. The minimum atomic E-state index is -2.88. The van der Waals surface area contributed by atoms with E-state index in [1.807, 2.05) is 12.1 Å². The van der Waals surface area contributed by atoms with Crippen LogP contribution in [0.2, 0.25) is 0 Å². The molecule has 1 aromatic rings. The lowest BCUT2D eigenvalue weighted by atomic mass is 10.0. The van der Waals surface area contributed by atoms with Gasteiger partial charge in [0.2, 0.25) is 0 Å². The Balaban J connectivity index is 1.98. The molecule has 0 aromatic heterocycles. The Kier molecular flexibility index (Phi) is 4.45. The molecule has 5 heteroatoms. The van der Waals surface area contributed by atoms with E-state index in [2.05, 4.69) is 33.4 Å². The molecule has 1 aliphatic rings. The maximum absolute atomic E-state index is 11.1. The van der Waals surface area contributed by atoms with E-state index in [9.17, 15) is 8.42 Å². The van der Waals surface area contributed by atoms with Crippen LogP contribution in [-0.4, -0.2) is 27.0 Å². The van der Waals surface area contributed by atoms with E-state index >= 15 is 0 Å². The number of sulfone groups is 1.